The van der Waals surface area contributed by atoms with Gasteiger partial charge in [-0.05, 0) is 57.5 Å². The molecule has 0 fully saturated rings. The molecule has 9 heteroatoms. The Hall–Kier alpha value is -2.16. The van der Waals surface area contributed by atoms with Crippen LogP contribution in [0.2, 0.25) is 0 Å². The molecule has 2 aromatic rings. The van der Waals surface area contributed by atoms with Gasteiger partial charge in [0.15, 0.2) is 11.5 Å². The number of nitrogens with zero attached hydrogens (tertiary/aromatic N) is 4. The lowest BCUT2D eigenvalue weighted by Gasteiger charge is -2.28. The molecule has 2 aromatic heterocycles. The largest absolute Gasteiger partial charge is 0.443 e. The van der Waals surface area contributed by atoms with Crippen molar-refractivity contribution in [1.29, 1.82) is 0 Å². The molecule has 0 saturated carbocycles. The molecular formula is C16H21BrN4O4. The summed E-state index contributed by atoms with van der Waals surface area (Å²) in [6.07, 6.45) is 2.88. The lowest BCUT2D eigenvalue weighted by Crippen LogP contribution is -2.44. The van der Waals surface area contributed by atoms with Crippen LogP contribution in [0, 0.1) is 0 Å². The van der Waals surface area contributed by atoms with Gasteiger partial charge in [-0.2, -0.15) is 4.90 Å². The van der Waals surface area contributed by atoms with Crippen molar-refractivity contribution in [1.82, 2.24) is 14.4 Å². The zero-order chi connectivity index (χ0) is 19.0. The van der Waals surface area contributed by atoms with Gasteiger partial charge in [-0.3, -0.25) is 4.40 Å². The Kier molecular flexibility index (Phi) is 5.08. The standard InChI is InChI=1S/C16H21BrN4O4/c1-15(2,3)24-13(22)21(14(23)25-16(4,5)6)12-11-19-9-10(17)20(11)8-7-18-12/h7-9H,1-6H3. The van der Waals surface area contributed by atoms with Crippen molar-refractivity contribution in [2.75, 3.05) is 4.90 Å². The Labute approximate surface area is 154 Å². The predicted octanol–water partition coefficient (Wildman–Crippen LogP) is 4.17. The van der Waals surface area contributed by atoms with Crippen molar-refractivity contribution < 1.29 is 19.1 Å². The number of fused-ring (bicyclic) bond motifs is 1. The van der Waals surface area contributed by atoms with E-state index in [-0.39, 0.29) is 5.82 Å². The Morgan fingerprint density at radius 1 is 1.04 bits per heavy atom. The summed E-state index contributed by atoms with van der Waals surface area (Å²) in [5.74, 6) is 0.0247. The third-order valence-corrected chi connectivity index (χ3v) is 3.32. The van der Waals surface area contributed by atoms with Crippen molar-refractivity contribution in [2.45, 2.75) is 52.7 Å². The highest BCUT2D eigenvalue weighted by atomic mass is 79.9. The van der Waals surface area contributed by atoms with E-state index in [1.54, 1.807) is 58.3 Å². The zero-order valence-corrected chi connectivity index (χ0v) is 16.6. The van der Waals surface area contributed by atoms with Crippen LogP contribution < -0.4 is 4.90 Å². The molecule has 0 N–H and O–H groups in total. The fourth-order valence-corrected chi connectivity index (χ4v) is 2.28. The van der Waals surface area contributed by atoms with E-state index < -0.39 is 23.4 Å². The summed E-state index contributed by atoms with van der Waals surface area (Å²) >= 11 is 3.34. The number of imidazole rings is 1. The Morgan fingerprint density at radius 3 is 2.04 bits per heavy atom. The molecule has 0 saturated heterocycles. The van der Waals surface area contributed by atoms with E-state index in [2.05, 4.69) is 25.9 Å². The van der Waals surface area contributed by atoms with Crippen molar-refractivity contribution in [3.8, 4) is 0 Å². The van der Waals surface area contributed by atoms with Gasteiger partial charge in [0.05, 0.1) is 6.20 Å². The van der Waals surface area contributed by atoms with Crippen molar-refractivity contribution >= 4 is 39.6 Å². The number of hydrogen-bond acceptors (Lipinski definition) is 6. The van der Waals surface area contributed by atoms with Gasteiger partial charge < -0.3 is 9.47 Å². The zero-order valence-electron chi connectivity index (χ0n) is 15.0. The quantitative estimate of drug-likeness (QED) is 0.698. The van der Waals surface area contributed by atoms with E-state index in [1.165, 1.54) is 6.20 Å². The second-order valence-corrected chi connectivity index (χ2v) is 8.13. The molecule has 0 atom stereocenters. The van der Waals surface area contributed by atoms with E-state index in [9.17, 15) is 9.59 Å². The summed E-state index contributed by atoms with van der Waals surface area (Å²) in [5.41, 5.74) is -1.28. The lowest BCUT2D eigenvalue weighted by molar-refractivity contribution is 0.0429. The number of ether oxygens (including phenoxy) is 2. The first kappa shape index (κ1) is 19.2. The van der Waals surface area contributed by atoms with Crippen molar-refractivity contribution in [3.05, 3.63) is 23.2 Å². The molecule has 0 aliphatic rings. The van der Waals surface area contributed by atoms with Crippen LogP contribution in [0.1, 0.15) is 41.5 Å². The number of halogens is 1. The van der Waals surface area contributed by atoms with Gasteiger partial charge in [0.1, 0.15) is 15.8 Å². The highest BCUT2D eigenvalue weighted by Crippen LogP contribution is 2.25. The van der Waals surface area contributed by atoms with Gasteiger partial charge in [0.25, 0.3) is 0 Å². The minimum absolute atomic E-state index is 0.0247. The number of hydrogen-bond donors (Lipinski definition) is 0. The lowest BCUT2D eigenvalue weighted by atomic mass is 10.2. The van der Waals surface area contributed by atoms with Gasteiger partial charge in [-0.1, -0.05) is 0 Å². The maximum absolute atomic E-state index is 12.7. The summed E-state index contributed by atoms with van der Waals surface area (Å²) in [7, 11) is 0. The number of anilines is 1. The molecule has 0 aliphatic carbocycles. The van der Waals surface area contributed by atoms with Crippen LogP contribution in [0.4, 0.5) is 15.4 Å². The second-order valence-electron chi connectivity index (χ2n) is 7.32. The summed E-state index contributed by atoms with van der Waals surface area (Å²) in [4.78, 5) is 34.4. The molecule has 0 spiro atoms. The summed E-state index contributed by atoms with van der Waals surface area (Å²) in [5, 5.41) is 0. The first-order valence-corrected chi connectivity index (χ1v) is 8.42. The second kappa shape index (κ2) is 6.62. The average molecular weight is 413 g/mol. The van der Waals surface area contributed by atoms with Gasteiger partial charge in [0, 0.05) is 12.4 Å². The summed E-state index contributed by atoms with van der Waals surface area (Å²) in [6, 6.07) is 0. The molecule has 0 bridgehead atoms. The highest BCUT2D eigenvalue weighted by Gasteiger charge is 2.35. The number of aromatic nitrogens is 3. The first-order chi connectivity index (χ1) is 11.4. The van der Waals surface area contributed by atoms with Gasteiger partial charge in [0.2, 0.25) is 0 Å². The molecule has 0 unspecified atom stereocenters. The average Bonchev–Trinajstić information content (AvgIpc) is 2.77. The molecule has 8 nitrogen and oxygen atoms in total. The van der Waals surface area contributed by atoms with Gasteiger partial charge in [-0.25, -0.2) is 19.6 Å². The minimum atomic E-state index is -0.888. The van der Waals surface area contributed by atoms with Crippen LogP contribution in [-0.2, 0) is 9.47 Å². The van der Waals surface area contributed by atoms with Crippen molar-refractivity contribution in [2.24, 2.45) is 0 Å². The van der Waals surface area contributed by atoms with E-state index in [0.717, 1.165) is 4.90 Å². The first-order valence-electron chi connectivity index (χ1n) is 7.63. The van der Waals surface area contributed by atoms with Crippen LogP contribution in [-0.4, -0.2) is 37.8 Å². The Morgan fingerprint density at radius 2 is 1.56 bits per heavy atom. The highest BCUT2D eigenvalue weighted by molar-refractivity contribution is 9.10. The van der Waals surface area contributed by atoms with E-state index >= 15 is 0 Å². The summed E-state index contributed by atoms with van der Waals surface area (Å²) < 4.78 is 13.0. The van der Waals surface area contributed by atoms with Crippen LogP contribution in [0.3, 0.4) is 0 Å². The molecule has 2 amide bonds. The normalized spacial score (nSPS) is 12.1. The molecule has 0 radical (unpaired) electrons. The SMILES string of the molecule is CC(C)(C)OC(=O)N(C(=O)OC(C)(C)C)c1nccn2c(Br)cnc12. The van der Waals surface area contributed by atoms with E-state index in [0.29, 0.717) is 10.3 Å². The molecule has 25 heavy (non-hydrogen) atoms. The monoisotopic (exact) mass is 412 g/mol. The minimum Gasteiger partial charge on any atom is -0.443 e. The van der Waals surface area contributed by atoms with Gasteiger partial charge in [-0.15, -0.1) is 0 Å². The van der Waals surface area contributed by atoms with E-state index in [1.807, 2.05) is 0 Å². The smallest absolute Gasteiger partial charge is 0.425 e. The fraction of sp³-hybridized carbons (Fsp3) is 0.500. The third kappa shape index (κ3) is 4.68. The number of amides is 2. The van der Waals surface area contributed by atoms with Crippen LogP contribution >= 0.6 is 15.9 Å². The Bertz CT molecular complexity index is 777. The molecule has 2 rings (SSSR count). The van der Waals surface area contributed by atoms with Crippen LogP contribution in [0.15, 0.2) is 23.2 Å². The topological polar surface area (TPSA) is 86.0 Å². The maximum atomic E-state index is 12.7. The molecular weight excluding hydrogens is 392 g/mol. The van der Waals surface area contributed by atoms with Gasteiger partial charge >= 0.3 is 12.2 Å². The molecule has 2 heterocycles. The van der Waals surface area contributed by atoms with Crippen LogP contribution in [0.5, 0.6) is 0 Å². The number of rotatable bonds is 1. The molecule has 0 aromatic carbocycles. The maximum Gasteiger partial charge on any atom is 0.425 e. The van der Waals surface area contributed by atoms with Crippen LogP contribution in [0.25, 0.3) is 5.65 Å². The summed E-state index contributed by atoms with van der Waals surface area (Å²) in [6.45, 7) is 10.2. The molecule has 0 aliphatic heterocycles. The van der Waals surface area contributed by atoms with Crippen molar-refractivity contribution in [3.63, 3.8) is 0 Å². The molecule has 136 valence electrons. The number of imide groups is 1. The Balaban J connectivity index is 2.53. The van der Waals surface area contributed by atoms with E-state index in [4.69, 9.17) is 9.47 Å². The number of carbonyl (C=O) groups is 2. The number of carbonyl (C=O) groups excluding carboxylic acids is 2. The fourth-order valence-electron chi connectivity index (χ4n) is 1.90. The third-order valence-electron chi connectivity index (χ3n) is 2.73. The predicted molar refractivity (Wildman–Crippen MR) is 95.6 cm³/mol.